The van der Waals surface area contributed by atoms with Crippen LogP contribution in [0.4, 0.5) is 10.5 Å². The van der Waals surface area contributed by atoms with Crippen LogP contribution in [0.15, 0.2) is 33.6 Å². The van der Waals surface area contributed by atoms with Gasteiger partial charge in [0.05, 0.1) is 11.1 Å². The molecule has 13 nitrogen and oxygen atoms in total. The van der Waals surface area contributed by atoms with Gasteiger partial charge in [-0.15, -0.1) is 0 Å². The van der Waals surface area contributed by atoms with Gasteiger partial charge >= 0.3 is 6.09 Å². The predicted molar refractivity (Wildman–Crippen MR) is 139 cm³/mol. The molecule has 1 saturated heterocycles. The largest absolute Gasteiger partial charge is 0.444 e. The highest BCUT2D eigenvalue weighted by atomic mass is 16.6. The van der Waals surface area contributed by atoms with E-state index in [4.69, 9.17) is 9.26 Å². The number of aryl methyl sites for hydroxylation is 2. The molecule has 0 saturated carbocycles. The topological polar surface area (TPSA) is 175 Å². The molecule has 0 radical (unpaired) electrons. The number of aromatic nitrogens is 3. The molecule has 0 bridgehead atoms. The summed E-state index contributed by atoms with van der Waals surface area (Å²) in [6, 6.07) is 5.41. The maximum Gasteiger partial charge on any atom is 0.407 e. The van der Waals surface area contributed by atoms with E-state index in [1.807, 2.05) is 0 Å². The zero-order valence-corrected chi connectivity index (χ0v) is 22.1. The van der Waals surface area contributed by atoms with Crippen molar-refractivity contribution in [3.8, 4) is 0 Å². The third-order valence-corrected chi connectivity index (χ3v) is 5.94. The standard InChI is InChI=1S/C26H30N6O7/c1-14-28-21-16(24(36)32(14)19-10-11-20(33)30-23(19)35)8-5-9-17(21)29-22(34)18-13-15(39-31-18)7-6-12-27-25(37)38-26(2,3)4/h5,8-9,13,19H,6-7,10-12H2,1-4H3,(H,27,37)(H,29,34)(H,30,33,35). The number of hydrogen-bond acceptors (Lipinski definition) is 9. The Kier molecular flexibility index (Phi) is 7.79. The van der Waals surface area contributed by atoms with E-state index in [1.54, 1.807) is 45.9 Å². The molecule has 4 amide bonds. The van der Waals surface area contributed by atoms with Crippen molar-refractivity contribution in [1.29, 1.82) is 0 Å². The fourth-order valence-electron chi connectivity index (χ4n) is 4.22. The zero-order valence-electron chi connectivity index (χ0n) is 22.1. The van der Waals surface area contributed by atoms with E-state index < -0.39 is 35.1 Å². The number of imide groups is 1. The third-order valence-electron chi connectivity index (χ3n) is 5.94. The lowest BCUT2D eigenvalue weighted by Crippen LogP contribution is -2.45. The molecule has 1 aromatic carbocycles. The van der Waals surface area contributed by atoms with Crippen LogP contribution < -0.4 is 21.5 Å². The average Bonchev–Trinajstić information content (AvgIpc) is 3.32. The van der Waals surface area contributed by atoms with Gasteiger partial charge in [-0.2, -0.15) is 0 Å². The van der Waals surface area contributed by atoms with E-state index in [1.165, 1.54) is 10.6 Å². The van der Waals surface area contributed by atoms with E-state index >= 15 is 0 Å². The Morgan fingerprint density at radius 2 is 2.00 bits per heavy atom. The molecule has 3 N–H and O–H groups in total. The van der Waals surface area contributed by atoms with Crippen molar-refractivity contribution in [2.24, 2.45) is 0 Å². The van der Waals surface area contributed by atoms with E-state index in [0.717, 1.165) is 0 Å². The van der Waals surface area contributed by atoms with E-state index in [9.17, 15) is 24.0 Å². The van der Waals surface area contributed by atoms with Crippen LogP contribution in [0.3, 0.4) is 0 Å². The van der Waals surface area contributed by atoms with Gasteiger partial charge in [0.15, 0.2) is 5.69 Å². The molecule has 1 aliphatic heterocycles. The van der Waals surface area contributed by atoms with Crippen molar-refractivity contribution in [2.45, 2.75) is 65.0 Å². The summed E-state index contributed by atoms with van der Waals surface area (Å²) < 4.78 is 11.7. The number of alkyl carbamates (subject to hydrolysis) is 1. The van der Waals surface area contributed by atoms with Crippen LogP contribution >= 0.6 is 0 Å². The summed E-state index contributed by atoms with van der Waals surface area (Å²) in [6.07, 6.45) is 0.784. The Morgan fingerprint density at radius 3 is 2.72 bits per heavy atom. The summed E-state index contributed by atoms with van der Waals surface area (Å²) in [7, 11) is 0. The van der Waals surface area contributed by atoms with Crippen molar-refractivity contribution in [3.05, 3.63) is 51.9 Å². The average molecular weight is 539 g/mol. The van der Waals surface area contributed by atoms with Gasteiger partial charge in [0.25, 0.3) is 11.5 Å². The molecule has 1 atom stereocenters. The summed E-state index contributed by atoms with van der Waals surface area (Å²) in [5.41, 5.74) is -0.449. The minimum Gasteiger partial charge on any atom is -0.444 e. The first-order valence-corrected chi connectivity index (χ1v) is 12.5. The Balaban J connectivity index is 1.44. The second kappa shape index (κ2) is 11.1. The van der Waals surface area contributed by atoms with Gasteiger partial charge in [0.2, 0.25) is 11.8 Å². The molecule has 4 rings (SSSR count). The smallest absolute Gasteiger partial charge is 0.407 e. The molecular weight excluding hydrogens is 508 g/mol. The lowest BCUT2D eigenvalue weighted by molar-refractivity contribution is -0.135. The van der Waals surface area contributed by atoms with Crippen LogP contribution in [0, 0.1) is 6.92 Å². The molecule has 0 aliphatic carbocycles. The summed E-state index contributed by atoms with van der Waals surface area (Å²) in [5, 5.41) is 11.7. The van der Waals surface area contributed by atoms with Crippen molar-refractivity contribution in [3.63, 3.8) is 0 Å². The highest BCUT2D eigenvalue weighted by Crippen LogP contribution is 2.24. The van der Waals surface area contributed by atoms with Crippen molar-refractivity contribution in [2.75, 3.05) is 11.9 Å². The van der Waals surface area contributed by atoms with E-state index in [2.05, 4.69) is 26.1 Å². The quantitative estimate of drug-likeness (QED) is 0.301. The predicted octanol–water partition coefficient (Wildman–Crippen LogP) is 2.38. The first-order chi connectivity index (χ1) is 18.4. The molecular formula is C26H30N6O7. The molecule has 3 aromatic rings. The number of fused-ring (bicyclic) bond motifs is 1. The Morgan fingerprint density at radius 1 is 1.23 bits per heavy atom. The minimum atomic E-state index is -0.849. The maximum atomic E-state index is 13.3. The van der Waals surface area contributed by atoms with Crippen LogP contribution in [-0.2, 0) is 20.7 Å². The Hall–Kier alpha value is -4.55. The molecule has 206 valence electrons. The molecule has 2 aromatic heterocycles. The molecule has 13 heteroatoms. The van der Waals surface area contributed by atoms with Gasteiger partial charge in [-0.05, 0) is 52.7 Å². The lowest BCUT2D eigenvalue weighted by Gasteiger charge is -2.24. The lowest BCUT2D eigenvalue weighted by atomic mass is 10.1. The highest BCUT2D eigenvalue weighted by Gasteiger charge is 2.30. The van der Waals surface area contributed by atoms with Gasteiger partial charge in [0.1, 0.15) is 28.7 Å². The number of anilines is 1. The van der Waals surface area contributed by atoms with Crippen LogP contribution in [0.1, 0.15) is 68.1 Å². The number of rotatable bonds is 7. The first-order valence-electron chi connectivity index (χ1n) is 12.5. The number of para-hydroxylation sites is 1. The van der Waals surface area contributed by atoms with Crippen LogP contribution in [0.5, 0.6) is 0 Å². The maximum absolute atomic E-state index is 13.3. The Labute approximate surface area is 223 Å². The number of piperidine rings is 1. The molecule has 0 spiro atoms. The van der Waals surface area contributed by atoms with Crippen molar-refractivity contribution in [1.82, 2.24) is 25.3 Å². The third kappa shape index (κ3) is 6.48. The number of nitrogens with zero attached hydrogens (tertiary/aromatic N) is 3. The molecule has 39 heavy (non-hydrogen) atoms. The summed E-state index contributed by atoms with van der Waals surface area (Å²) in [4.78, 5) is 66.3. The van der Waals surface area contributed by atoms with Gasteiger partial charge in [0, 0.05) is 25.5 Å². The summed E-state index contributed by atoms with van der Waals surface area (Å²) in [6.45, 7) is 7.28. The van der Waals surface area contributed by atoms with Crippen molar-refractivity contribution < 1.29 is 28.4 Å². The zero-order chi connectivity index (χ0) is 28.3. The molecule has 3 heterocycles. The molecule has 1 unspecified atom stereocenters. The van der Waals surface area contributed by atoms with Gasteiger partial charge in [-0.3, -0.25) is 29.1 Å². The highest BCUT2D eigenvalue weighted by molar-refractivity contribution is 6.07. The SMILES string of the molecule is Cc1nc2c(NC(=O)c3cc(CCCNC(=O)OC(C)(C)C)on3)cccc2c(=O)n1C1CCC(=O)NC1=O. The minimum absolute atomic E-state index is 0.0377. The number of ether oxygens (including phenoxy) is 1. The summed E-state index contributed by atoms with van der Waals surface area (Å²) >= 11 is 0. The number of amides is 4. The monoisotopic (exact) mass is 538 g/mol. The first kappa shape index (κ1) is 27.5. The van der Waals surface area contributed by atoms with Gasteiger partial charge in [-0.25, -0.2) is 9.78 Å². The fourth-order valence-corrected chi connectivity index (χ4v) is 4.22. The summed E-state index contributed by atoms with van der Waals surface area (Å²) in [5.74, 6) is -0.755. The number of benzene rings is 1. The van der Waals surface area contributed by atoms with Gasteiger partial charge < -0.3 is 19.9 Å². The van der Waals surface area contributed by atoms with E-state index in [0.29, 0.717) is 30.8 Å². The fraction of sp³-hybridized carbons (Fsp3) is 0.423. The second-order valence-electron chi connectivity index (χ2n) is 10.2. The van der Waals surface area contributed by atoms with Crippen LogP contribution in [0.25, 0.3) is 10.9 Å². The number of carbonyl (C=O) groups is 4. The van der Waals surface area contributed by atoms with Crippen molar-refractivity contribution >= 4 is 40.4 Å². The molecule has 1 aliphatic rings. The second-order valence-corrected chi connectivity index (χ2v) is 10.2. The van der Waals surface area contributed by atoms with Crippen LogP contribution in [0.2, 0.25) is 0 Å². The van der Waals surface area contributed by atoms with Gasteiger partial charge in [-0.1, -0.05) is 11.2 Å². The number of nitrogens with one attached hydrogen (secondary N) is 3. The normalized spacial score (nSPS) is 15.6. The number of carbonyl (C=O) groups excluding carboxylic acids is 4. The molecule has 1 fully saturated rings. The Bertz CT molecular complexity index is 1500. The van der Waals surface area contributed by atoms with Crippen LogP contribution in [-0.4, -0.2) is 50.7 Å². The number of hydrogen-bond donors (Lipinski definition) is 3. The van der Waals surface area contributed by atoms with E-state index in [-0.39, 0.29) is 41.2 Å².